The van der Waals surface area contributed by atoms with E-state index in [9.17, 15) is 13.2 Å². The smallest absolute Gasteiger partial charge is 0.264 e. The second-order valence-corrected chi connectivity index (χ2v) is 7.38. The van der Waals surface area contributed by atoms with Crippen molar-refractivity contribution < 1.29 is 22.1 Å². The second kappa shape index (κ2) is 7.72. The van der Waals surface area contributed by atoms with Crippen molar-refractivity contribution in [2.75, 3.05) is 18.3 Å². The molecular formula is C18H21NO5S. The van der Waals surface area contributed by atoms with Crippen LogP contribution in [0.4, 0.5) is 5.69 Å². The van der Waals surface area contributed by atoms with Gasteiger partial charge < -0.3 is 9.64 Å². The molecule has 6 nitrogen and oxygen atoms in total. The van der Waals surface area contributed by atoms with Gasteiger partial charge in [-0.3, -0.25) is 8.98 Å². The predicted octanol–water partition coefficient (Wildman–Crippen LogP) is 1.97. The zero-order valence-corrected chi connectivity index (χ0v) is 15.0. The number of hydrogen-bond donors (Lipinski definition) is 0. The summed E-state index contributed by atoms with van der Waals surface area (Å²) in [4.78, 5) is 14.1. The highest BCUT2D eigenvalue weighted by molar-refractivity contribution is 7.86. The van der Waals surface area contributed by atoms with Gasteiger partial charge in [-0.1, -0.05) is 6.08 Å². The van der Waals surface area contributed by atoms with Crippen molar-refractivity contribution in [1.29, 1.82) is 0 Å². The highest BCUT2D eigenvalue weighted by Gasteiger charge is 2.52. The topological polar surface area (TPSA) is 72.9 Å². The fourth-order valence-electron chi connectivity index (χ4n) is 3.00. The molecule has 7 heteroatoms. The fraction of sp³-hybridized carbons (Fsp3) is 0.389. The van der Waals surface area contributed by atoms with Gasteiger partial charge in [-0.05, 0) is 30.7 Å². The van der Waals surface area contributed by atoms with Gasteiger partial charge in [-0.2, -0.15) is 8.42 Å². The number of amides is 1. The SMILES string of the molecule is C#CC[C@H]1C(=O)N(c2ccc(OC)cc2)[C@H]1[C@@H](CC=C)OS(C)(=O)=O. The molecule has 0 aromatic heterocycles. The van der Waals surface area contributed by atoms with E-state index in [-0.39, 0.29) is 18.7 Å². The van der Waals surface area contributed by atoms with Crippen LogP contribution in [-0.2, 0) is 19.1 Å². The van der Waals surface area contributed by atoms with Gasteiger partial charge in [-0.15, -0.1) is 18.9 Å². The Labute approximate surface area is 148 Å². The first kappa shape index (κ1) is 19.0. The van der Waals surface area contributed by atoms with Crippen molar-refractivity contribution in [2.24, 2.45) is 5.92 Å². The lowest BCUT2D eigenvalue weighted by atomic mass is 9.80. The summed E-state index contributed by atoms with van der Waals surface area (Å²) in [6.07, 6.45) is 7.67. The molecule has 1 saturated heterocycles. The molecule has 0 bridgehead atoms. The van der Waals surface area contributed by atoms with Gasteiger partial charge in [0, 0.05) is 12.1 Å². The monoisotopic (exact) mass is 363 g/mol. The van der Waals surface area contributed by atoms with Crippen molar-refractivity contribution in [1.82, 2.24) is 0 Å². The van der Waals surface area contributed by atoms with Crippen molar-refractivity contribution in [3.8, 4) is 18.1 Å². The Bertz CT molecular complexity index is 779. The van der Waals surface area contributed by atoms with E-state index < -0.39 is 28.2 Å². The number of anilines is 1. The summed E-state index contributed by atoms with van der Waals surface area (Å²) in [5, 5.41) is 0. The van der Waals surface area contributed by atoms with E-state index in [0.29, 0.717) is 11.4 Å². The summed E-state index contributed by atoms with van der Waals surface area (Å²) in [5.74, 6) is 2.50. The van der Waals surface area contributed by atoms with Crippen molar-refractivity contribution >= 4 is 21.7 Å². The van der Waals surface area contributed by atoms with Gasteiger partial charge >= 0.3 is 0 Å². The van der Waals surface area contributed by atoms with Crippen LogP contribution < -0.4 is 9.64 Å². The maximum absolute atomic E-state index is 12.6. The van der Waals surface area contributed by atoms with E-state index in [0.717, 1.165) is 6.26 Å². The van der Waals surface area contributed by atoms with Gasteiger partial charge in [0.15, 0.2) is 0 Å². The summed E-state index contributed by atoms with van der Waals surface area (Å²) in [6.45, 7) is 3.65. The minimum atomic E-state index is -3.70. The van der Waals surface area contributed by atoms with Gasteiger partial charge in [0.2, 0.25) is 5.91 Å². The maximum atomic E-state index is 12.6. The van der Waals surface area contributed by atoms with Crippen LogP contribution >= 0.6 is 0 Å². The minimum Gasteiger partial charge on any atom is -0.497 e. The molecule has 0 spiro atoms. The van der Waals surface area contributed by atoms with E-state index >= 15 is 0 Å². The normalized spacial score (nSPS) is 21.2. The Morgan fingerprint density at radius 3 is 2.52 bits per heavy atom. The van der Waals surface area contributed by atoms with E-state index in [1.165, 1.54) is 4.90 Å². The van der Waals surface area contributed by atoms with Gasteiger partial charge in [-0.25, -0.2) is 0 Å². The first-order valence-electron chi connectivity index (χ1n) is 7.72. The molecule has 1 fully saturated rings. The lowest BCUT2D eigenvalue weighted by Crippen LogP contribution is -2.66. The third-order valence-electron chi connectivity index (χ3n) is 4.03. The number of ether oxygens (including phenoxy) is 1. The molecule has 0 N–H and O–H groups in total. The Kier molecular flexibility index (Phi) is 5.88. The summed E-state index contributed by atoms with van der Waals surface area (Å²) >= 11 is 0. The highest BCUT2D eigenvalue weighted by atomic mass is 32.2. The average Bonchev–Trinajstić information content (AvgIpc) is 2.56. The van der Waals surface area contributed by atoms with E-state index in [2.05, 4.69) is 12.5 Å². The Morgan fingerprint density at radius 2 is 2.04 bits per heavy atom. The van der Waals surface area contributed by atoms with E-state index in [1.54, 1.807) is 37.5 Å². The number of benzene rings is 1. The first-order valence-corrected chi connectivity index (χ1v) is 9.53. The lowest BCUT2D eigenvalue weighted by molar-refractivity contribution is -0.132. The molecule has 1 aliphatic heterocycles. The highest BCUT2D eigenvalue weighted by Crippen LogP contribution is 2.39. The molecule has 134 valence electrons. The number of methoxy groups -OCH3 is 1. The number of carbonyl (C=O) groups is 1. The molecule has 0 unspecified atom stereocenters. The zero-order chi connectivity index (χ0) is 18.6. The van der Waals surface area contributed by atoms with E-state index in [4.69, 9.17) is 15.3 Å². The Hall–Kier alpha value is -2.30. The molecular weight excluding hydrogens is 342 g/mol. The summed E-state index contributed by atoms with van der Waals surface area (Å²) in [7, 11) is -2.15. The molecule has 0 aliphatic carbocycles. The third-order valence-corrected chi connectivity index (χ3v) is 4.63. The van der Waals surface area contributed by atoms with E-state index in [1.807, 2.05) is 0 Å². The molecule has 1 aromatic carbocycles. The fourth-order valence-corrected chi connectivity index (χ4v) is 3.64. The molecule has 1 aliphatic rings. The van der Waals surface area contributed by atoms with Crippen molar-refractivity contribution in [3.63, 3.8) is 0 Å². The van der Waals surface area contributed by atoms with Gasteiger partial charge in [0.25, 0.3) is 10.1 Å². The summed E-state index contributed by atoms with van der Waals surface area (Å²) < 4.78 is 33.6. The molecule has 25 heavy (non-hydrogen) atoms. The minimum absolute atomic E-state index is 0.153. The summed E-state index contributed by atoms with van der Waals surface area (Å²) in [5.41, 5.74) is 0.634. The van der Waals surface area contributed by atoms with Crippen LogP contribution in [0.5, 0.6) is 5.75 Å². The molecule has 3 atom stereocenters. The number of terminal acetylenes is 1. The summed E-state index contributed by atoms with van der Waals surface area (Å²) in [6, 6.07) is 6.45. The number of β-lactam (4-membered cyclic amide) rings is 1. The van der Waals surface area contributed by atoms with Gasteiger partial charge in [0.1, 0.15) is 11.9 Å². The van der Waals surface area contributed by atoms with Gasteiger partial charge in [0.05, 0.1) is 25.3 Å². The zero-order valence-electron chi connectivity index (χ0n) is 14.2. The largest absolute Gasteiger partial charge is 0.497 e. The Morgan fingerprint density at radius 1 is 1.40 bits per heavy atom. The quantitative estimate of drug-likeness (QED) is 0.306. The van der Waals surface area contributed by atoms with Crippen LogP contribution in [0.25, 0.3) is 0 Å². The van der Waals surface area contributed by atoms with Crippen LogP contribution in [0.1, 0.15) is 12.8 Å². The van der Waals surface area contributed by atoms with Crippen molar-refractivity contribution in [2.45, 2.75) is 25.0 Å². The third kappa shape index (κ3) is 4.21. The second-order valence-electron chi connectivity index (χ2n) is 5.77. The standard InChI is InChI=1S/C18H21NO5S/c1-5-7-15-17(16(8-6-2)24-25(4,21)22)19(18(15)20)13-9-11-14(23-3)12-10-13/h1,6,9-12,15-17H,2,7-8H2,3-4H3/t15-,16-,17-/m1/s1. The number of nitrogens with zero attached hydrogens (tertiary/aromatic N) is 1. The maximum Gasteiger partial charge on any atom is 0.264 e. The molecule has 0 radical (unpaired) electrons. The molecule has 0 saturated carbocycles. The van der Waals surface area contributed by atoms with Crippen LogP contribution in [-0.4, -0.2) is 39.8 Å². The van der Waals surface area contributed by atoms with Crippen LogP contribution in [0.3, 0.4) is 0 Å². The molecule has 2 rings (SSSR count). The molecule has 1 heterocycles. The van der Waals surface area contributed by atoms with Crippen LogP contribution in [0.15, 0.2) is 36.9 Å². The number of rotatable bonds is 8. The van der Waals surface area contributed by atoms with Crippen LogP contribution in [0, 0.1) is 18.3 Å². The van der Waals surface area contributed by atoms with Crippen LogP contribution in [0.2, 0.25) is 0 Å². The molecule has 1 aromatic rings. The Balaban J connectivity index is 2.37. The number of carbonyl (C=O) groups excluding carboxylic acids is 1. The average molecular weight is 363 g/mol. The lowest BCUT2D eigenvalue weighted by Gasteiger charge is -2.49. The first-order chi connectivity index (χ1) is 11.8. The molecule has 1 amide bonds. The van der Waals surface area contributed by atoms with Crippen molar-refractivity contribution in [3.05, 3.63) is 36.9 Å². The predicted molar refractivity (Wildman–Crippen MR) is 95.7 cm³/mol. The number of hydrogen-bond acceptors (Lipinski definition) is 5.